The van der Waals surface area contributed by atoms with Crippen molar-refractivity contribution in [3.63, 3.8) is 0 Å². The van der Waals surface area contributed by atoms with Crippen LogP contribution < -0.4 is 10.6 Å². The average molecular weight is 282 g/mol. The number of rotatable bonds is 9. The molecule has 1 aromatic heterocycles. The van der Waals surface area contributed by atoms with Gasteiger partial charge in [-0.3, -0.25) is 0 Å². The maximum Gasteiger partial charge on any atom is 0.134 e. The van der Waals surface area contributed by atoms with Crippen LogP contribution in [0.15, 0.2) is 0 Å². The summed E-state index contributed by atoms with van der Waals surface area (Å²) in [6.07, 6.45) is 0.807. The van der Waals surface area contributed by atoms with Gasteiger partial charge in [-0.2, -0.15) is 0 Å². The quantitative estimate of drug-likeness (QED) is 0.720. The second-order valence-corrected chi connectivity index (χ2v) is 4.54. The van der Waals surface area contributed by atoms with Crippen LogP contribution in [0.3, 0.4) is 0 Å². The van der Waals surface area contributed by atoms with Gasteiger partial charge in [0, 0.05) is 39.3 Å². The summed E-state index contributed by atoms with van der Waals surface area (Å²) in [6, 6.07) is 0. The Balaban J connectivity index is 2.84. The van der Waals surface area contributed by atoms with Crippen LogP contribution >= 0.6 is 0 Å². The number of anilines is 2. The molecule has 0 saturated carbocycles. The summed E-state index contributed by atoms with van der Waals surface area (Å²) >= 11 is 0. The number of nitrogens with zero attached hydrogens (tertiary/aromatic N) is 2. The van der Waals surface area contributed by atoms with Gasteiger partial charge in [-0.05, 0) is 13.8 Å². The van der Waals surface area contributed by atoms with Gasteiger partial charge in [0.25, 0.3) is 0 Å². The van der Waals surface area contributed by atoms with E-state index in [0.717, 1.165) is 36.0 Å². The summed E-state index contributed by atoms with van der Waals surface area (Å²) in [6.45, 7) is 8.15. The summed E-state index contributed by atoms with van der Waals surface area (Å²) in [5.74, 6) is 2.57. The third-order valence-electron chi connectivity index (χ3n) is 3.04. The molecular weight excluding hydrogens is 256 g/mol. The van der Waals surface area contributed by atoms with Crippen LogP contribution in [-0.2, 0) is 15.9 Å². The number of hydrogen-bond acceptors (Lipinski definition) is 6. The van der Waals surface area contributed by atoms with Gasteiger partial charge >= 0.3 is 0 Å². The van der Waals surface area contributed by atoms with Crippen molar-refractivity contribution in [3.05, 3.63) is 11.4 Å². The van der Waals surface area contributed by atoms with Crippen LogP contribution in [-0.4, -0.2) is 50.0 Å². The van der Waals surface area contributed by atoms with E-state index in [1.165, 1.54) is 0 Å². The summed E-state index contributed by atoms with van der Waals surface area (Å²) in [4.78, 5) is 9.05. The monoisotopic (exact) mass is 282 g/mol. The normalized spacial score (nSPS) is 12.2. The lowest BCUT2D eigenvalue weighted by molar-refractivity contribution is 0.0365. The van der Waals surface area contributed by atoms with Crippen molar-refractivity contribution >= 4 is 11.6 Å². The van der Waals surface area contributed by atoms with Crippen LogP contribution in [0.2, 0.25) is 0 Å². The van der Waals surface area contributed by atoms with Crippen molar-refractivity contribution in [1.29, 1.82) is 0 Å². The first-order chi connectivity index (χ1) is 9.65. The van der Waals surface area contributed by atoms with Gasteiger partial charge in [-0.1, -0.05) is 6.92 Å². The standard InChI is InChI=1S/C14H26N4O2/c1-6-12-17-13(15-7-2)10(3)14(18-12)16-8-11(20-5)9-19-4/h11H,6-9H2,1-5H3,(H2,15,16,17,18). The molecule has 2 N–H and O–H groups in total. The number of nitrogens with one attached hydrogen (secondary N) is 2. The minimum atomic E-state index is 0.00188. The molecule has 1 aromatic rings. The summed E-state index contributed by atoms with van der Waals surface area (Å²) in [5.41, 5.74) is 1.02. The fourth-order valence-corrected chi connectivity index (χ4v) is 1.84. The largest absolute Gasteiger partial charge is 0.382 e. The van der Waals surface area contributed by atoms with Gasteiger partial charge in [-0.15, -0.1) is 0 Å². The lowest BCUT2D eigenvalue weighted by atomic mass is 10.2. The first-order valence-corrected chi connectivity index (χ1v) is 7.03. The highest BCUT2D eigenvalue weighted by molar-refractivity contribution is 5.57. The van der Waals surface area contributed by atoms with Crippen molar-refractivity contribution < 1.29 is 9.47 Å². The number of ether oxygens (including phenoxy) is 2. The molecule has 0 fully saturated rings. The highest BCUT2D eigenvalue weighted by atomic mass is 16.5. The van der Waals surface area contributed by atoms with E-state index in [1.54, 1.807) is 14.2 Å². The lowest BCUT2D eigenvalue weighted by Gasteiger charge is -2.18. The van der Waals surface area contributed by atoms with Crippen molar-refractivity contribution in [3.8, 4) is 0 Å². The molecule has 0 radical (unpaired) electrons. The maximum atomic E-state index is 5.34. The Morgan fingerprint density at radius 1 is 1.10 bits per heavy atom. The molecule has 6 nitrogen and oxygen atoms in total. The van der Waals surface area contributed by atoms with Crippen LogP contribution in [0.1, 0.15) is 25.2 Å². The van der Waals surface area contributed by atoms with Crippen molar-refractivity contribution in [2.45, 2.75) is 33.3 Å². The van der Waals surface area contributed by atoms with E-state index in [1.807, 2.05) is 13.8 Å². The van der Waals surface area contributed by atoms with Gasteiger partial charge in [-0.25, -0.2) is 9.97 Å². The number of methoxy groups -OCH3 is 2. The van der Waals surface area contributed by atoms with Crippen molar-refractivity contribution in [2.24, 2.45) is 0 Å². The zero-order chi connectivity index (χ0) is 15.0. The predicted molar refractivity (Wildman–Crippen MR) is 81.5 cm³/mol. The number of hydrogen-bond donors (Lipinski definition) is 2. The second kappa shape index (κ2) is 8.71. The van der Waals surface area contributed by atoms with Gasteiger partial charge in [0.05, 0.1) is 12.7 Å². The predicted octanol–water partition coefficient (Wildman–Crippen LogP) is 1.85. The Morgan fingerprint density at radius 3 is 2.25 bits per heavy atom. The summed E-state index contributed by atoms with van der Waals surface area (Å²) < 4.78 is 10.5. The van der Waals surface area contributed by atoms with Crippen LogP contribution in [0.4, 0.5) is 11.6 Å². The molecule has 20 heavy (non-hydrogen) atoms. The molecule has 0 aliphatic carbocycles. The highest BCUT2D eigenvalue weighted by Gasteiger charge is 2.12. The average Bonchev–Trinajstić information content (AvgIpc) is 2.46. The van der Waals surface area contributed by atoms with Gasteiger partial charge < -0.3 is 20.1 Å². The lowest BCUT2D eigenvalue weighted by Crippen LogP contribution is -2.27. The van der Waals surface area contributed by atoms with Crippen LogP contribution in [0.25, 0.3) is 0 Å². The summed E-state index contributed by atoms with van der Waals surface area (Å²) in [5, 5.41) is 6.60. The smallest absolute Gasteiger partial charge is 0.134 e. The van der Waals surface area contributed by atoms with E-state index in [0.29, 0.717) is 13.2 Å². The fourth-order valence-electron chi connectivity index (χ4n) is 1.84. The molecule has 0 spiro atoms. The van der Waals surface area contributed by atoms with E-state index in [9.17, 15) is 0 Å². The van der Waals surface area contributed by atoms with Crippen LogP contribution in [0, 0.1) is 6.92 Å². The molecule has 6 heteroatoms. The molecule has 0 saturated heterocycles. The Morgan fingerprint density at radius 2 is 1.75 bits per heavy atom. The molecular formula is C14H26N4O2. The SMILES string of the molecule is CCNc1nc(CC)nc(NCC(COC)OC)c1C. The zero-order valence-electron chi connectivity index (χ0n) is 13.1. The van der Waals surface area contributed by atoms with Crippen LogP contribution in [0.5, 0.6) is 0 Å². The first kappa shape index (κ1) is 16.7. The first-order valence-electron chi connectivity index (χ1n) is 7.03. The van der Waals surface area contributed by atoms with E-state index in [2.05, 4.69) is 27.5 Å². The molecule has 0 bridgehead atoms. The van der Waals surface area contributed by atoms with E-state index < -0.39 is 0 Å². The molecule has 1 atom stereocenters. The Labute approximate surface area is 121 Å². The van der Waals surface area contributed by atoms with Crippen molar-refractivity contribution in [2.75, 3.05) is 44.5 Å². The van der Waals surface area contributed by atoms with Gasteiger partial charge in [0.1, 0.15) is 17.5 Å². The number of aromatic nitrogens is 2. The third kappa shape index (κ3) is 4.61. The van der Waals surface area contributed by atoms with Crippen molar-refractivity contribution in [1.82, 2.24) is 9.97 Å². The molecule has 0 aliphatic rings. The van der Waals surface area contributed by atoms with Gasteiger partial charge in [0.2, 0.25) is 0 Å². The molecule has 114 valence electrons. The van der Waals surface area contributed by atoms with E-state index >= 15 is 0 Å². The van der Waals surface area contributed by atoms with Gasteiger partial charge in [0.15, 0.2) is 0 Å². The minimum absolute atomic E-state index is 0.00188. The highest BCUT2D eigenvalue weighted by Crippen LogP contribution is 2.20. The molecule has 1 unspecified atom stereocenters. The maximum absolute atomic E-state index is 5.34. The minimum Gasteiger partial charge on any atom is -0.382 e. The van der Waals surface area contributed by atoms with E-state index in [4.69, 9.17) is 9.47 Å². The molecule has 0 amide bonds. The molecule has 0 aliphatic heterocycles. The molecule has 1 heterocycles. The third-order valence-corrected chi connectivity index (χ3v) is 3.04. The summed E-state index contributed by atoms with van der Waals surface area (Å²) in [7, 11) is 3.35. The molecule has 0 aromatic carbocycles. The second-order valence-electron chi connectivity index (χ2n) is 4.54. The Kier molecular flexibility index (Phi) is 7.25. The zero-order valence-corrected chi connectivity index (χ0v) is 13.1. The molecule has 1 rings (SSSR count). The number of aryl methyl sites for hydroxylation is 1. The topological polar surface area (TPSA) is 68.3 Å². The fraction of sp³-hybridized carbons (Fsp3) is 0.714. The van der Waals surface area contributed by atoms with E-state index in [-0.39, 0.29) is 6.10 Å². The Hall–Kier alpha value is -1.40. The Bertz CT molecular complexity index is 412.